The minimum absolute atomic E-state index is 0.0244. The standard InChI is InChI=1S/C13H19Br2NO/c1-13(2,17-3)7-6-12(16)10-8-9(14)4-5-11(10)15/h4-5,8,12H,6-7,16H2,1-3H3. The van der Waals surface area contributed by atoms with Crippen LogP contribution in [0.3, 0.4) is 0 Å². The zero-order chi connectivity index (χ0) is 13.1. The van der Waals surface area contributed by atoms with Crippen molar-refractivity contribution in [3.8, 4) is 0 Å². The van der Waals surface area contributed by atoms with Crippen LogP contribution >= 0.6 is 31.9 Å². The lowest BCUT2D eigenvalue weighted by atomic mass is 9.95. The van der Waals surface area contributed by atoms with Crippen molar-refractivity contribution in [3.05, 3.63) is 32.7 Å². The van der Waals surface area contributed by atoms with E-state index in [4.69, 9.17) is 10.5 Å². The average Bonchev–Trinajstić information content (AvgIpc) is 2.29. The van der Waals surface area contributed by atoms with Crippen molar-refractivity contribution in [3.63, 3.8) is 0 Å². The summed E-state index contributed by atoms with van der Waals surface area (Å²) in [6.07, 6.45) is 1.83. The maximum atomic E-state index is 6.22. The molecule has 0 bridgehead atoms. The van der Waals surface area contributed by atoms with Gasteiger partial charge >= 0.3 is 0 Å². The fraction of sp³-hybridized carbons (Fsp3) is 0.538. The summed E-state index contributed by atoms with van der Waals surface area (Å²) in [5, 5.41) is 0. The maximum absolute atomic E-state index is 6.22. The molecule has 0 heterocycles. The summed E-state index contributed by atoms with van der Waals surface area (Å²) < 4.78 is 7.51. The fourth-order valence-electron chi connectivity index (χ4n) is 1.56. The number of nitrogens with two attached hydrogens (primary N) is 1. The van der Waals surface area contributed by atoms with Crippen molar-refractivity contribution in [2.24, 2.45) is 5.73 Å². The van der Waals surface area contributed by atoms with Crippen molar-refractivity contribution < 1.29 is 4.74 Å². The quantitative estimate of drug-likeness (QED) is 0.839. The second-order valence-electron chi connectivity index (χ2n) is 4.77. The first-order chi connectivity index (χ1) is 7.85. The van der Waals surface area contributed by atoms with E-state index in [1.165, 1.54) is 0 Å². The van der Waals surface area contributed by atoms with E-state index in [-0.39, 0.29) is 11.6 Å². The van der Waals surface area contributed by atoms with Gasteiger partial charge in [0.05, 0.1) is 5.60 Å². The zero-order valence-corrected chi connectivity index (χ0v) is 13.6. The third kappa shape index (κ3) is 4.70. The molecule has 1 unspecified atom stereocenters. The first kappa shape index (κ1) is 15.2. The molecule has 0 amide bonds. The predicted molar refractivity (Wildman–Crippen MR) is 79.1 cm³/mol. The molecule has 1 rings (SSSR count). The first-order valence-corrected chi connectivity index (χ1v) is 7.20. The van der Waals surface area contributed by atoms with Crippen LogP contribution in [0.15, 0.2) is 27.1 Å². The van der Waals surface area contributed by atoms with Crippen LogP contribution in [0, 0.1) is 0 Å². The van der Waals surface area contributed by atoms with Gasteiger partial charge in [-0.1, -0.05) is 31.9 Å². The van der Waals surface area contributed by atoms with E-state index >= 15 is 0 Å². The molecule has 2 nitrogen and oxygen atoms in total. The van der Waals surface area contributed by atoms with E-state index in [1.54, 1.807) is 7.11 Å². The molecule has 1 atom stereocenters. The Kier molecular flexibility index (Phi) is 5.64. The fourth-order valence-corrected chi connectivity index (χ4v) is 2.48. The molecule has 0 saturated heterocycles. The molecular formula is C13H19Br2NO. The van der Waals surface area contributed by atoms with Crippen molar-refractivity contribution >= 4 is 31.9 Å². The molecule has 1 aromatic rings. The summed E-state index contributed by atoms with van der Waals surface area (Å²) in [6.45, 7) is 4.16. The monoisotopic (exact) mass is 363 g/mol. The lowest BCUT2D eigenvalue weighted by molar-refractivity contribution is 0.0125. The molecule has 0 radical (unpaired) electrons. The van der Waals surface area contributed by atoms with E-state index in [1.807, 2.05) is 12.1 Å². The van der Waals surface area contributed by atoms with E-state index in [9.17, 15) is 0 Å². The van der Waals surface area contributed by atoms with Gasteiger partial charge in [0.1, 0.15) is 0 Å². The van der Waals surface area contributed by atoms with Crippen LogP contribution in [0.5, 0.6) is 0 Å². The van der Waals surface area contributed by atoms with Crippen LogP contribution < -0.4 is 5.73 Å². The third-order valence-corrected chi connectivity index (χ3v) is 4.18. The van der Waals surface area contributed by atoms with Gasteiger partial charge in [-0.15, -0.1) is 0 Å². The predicted octanol–water partition coefficient (Wildman–Crippen LogP) is 4.42. The summed E-state index contributed by atoms with van der Waals surface area (Å²) in [5.74, 6) is 0. The Hall–Kier alpha value is 0.1000. The second-order valence-corrected chi connectivity index (χ2v) is 6.54. The molecule has 0 aliphatic rings. The number of benzene rings is 1. The summed E-state index contributed by atoms with van der Waals surface area (Å²) in [5.41, 5.74) is 7.24. The molecule has 96 valence electrons. The maximum Gasteiger partial charge on any atom is 0.0623 e. The topological polar surface area (TPSA) is 35.2 Å². The largest absolute Gasteiger partial charge is 0.379 e. The lowest BCUT2D eigenvalue weighted by Crippen LogP contribution is -2.24. The molecule has 0 aliphatic heterocycles. The Morgan fingerprint density at radius 1 is 1.35 bits per heavy atom. The average molecular weight is 365 g/mol. The molecule has 4 heteroatoms. The molecule has 0 fully saturated rings. The van der Waals surface area contributed by atoms with Crippen LogP contribution in [0.4, 0.5) is 0 Å². The Labute approximate surface area is 120 Å². The molecule has 0 aliphatic carbocycles. The van der Waals surface area contributed by atoms with Crippen LogP contribution in [0.25, 0.3) is 0 Å². The van der Waals surface area contributed by atoms with Gasteiger partial charge in [-0.2, -0.15) is 0 Å². The summed E-state index contributed by atoms with van der Waals surface area (Å²) >= 11 is 7.00. The number of hydrogen-bond donors (Lipinski definition) is 1. The highest BCUT2D eigenvalue weighted by atomic mass is 79.9. The minimum Gasteiger partial charge on any atom is -0.379 e. The normalized spacial score (nSPS) is 13.8. The first-order valence-electron chi connectivity index (χ1n) is 5.61. The molecule has 0 aromatic heterocycles. The van der Waals surface area contributed by atoms with Gasteiger partial charge in [-0.3, -0.25) is 0 Å². The number of rotatable bonds is 5. The molecule has 17 heavy (non-hydrogen) atoms. The van der Waals surface area contributed by atoms with Crippen LogP contribution in [-0.4, -0.2) is 12.7 Å². The van der Waals surface area contributed by atoms with E-state index in [0.29, 0.717) is 0 Å². The van der Waals surface area contributed by atoms with Crippen molar-refractivity contribution in [1.29, 1.82) is 0 Å². The van der Waals surface area contributed by atoms with Gasteiger partial charge in [0, 0.05) is 22.1 Å². The molecular weight excluding hydrogens is 346 g/mol. The Morgan fingerprint density at radius 2 is 2.00 bits per heavy atom. The highest BCUT2D eigenvalue weighted by Crippen LogP contribution is 2.29. The summed E-state index contributed by atoms with van der Waals surface area (Å²) in [7, 11) is 1.74. The zero-order valence-electron chi connectivity index (χ0n) is 10.5. The molecule has 0 saturated carbocycles. The van der Waals surface area contributed by atoms with Gasteiger partial charge in [0.25, 0.3) is 0 Å². The SMILES string of the molecule is COC(C)(C)CCC(N)c1cc(Br)ccc1Br. The van der Waals surface area contributed by atoms with Crippen molar-refractivity contribution in [2.75, 3.05) is 7.11 Å². The van der Waals surface area contributed by atoms with E-state index in [0.717, 1.165) is 27.4 Å². The smallest absolute Gasteiger partial charge is 0.0623 e. The molecule has 1 aromatic carbocycles. The minimum atomic E-state index is -0.115. The van der Waals surface area contributed by atoms with Crippen LogP contribution in [-0.2, 0) is 4.74 Å². The van der Waals surface area contributed by atoms with Crippen molar-refractivity contribution in [2.45, 2.75) is 38.3 Å². The van der Waals surface area contributed by atoms with E-state index in [2.05, 4.69) is 51.8 Å². The van der Waals surface area contributed by atoms with Crippen LogP contribution in [0.1, 0.15) is 38.3 Å². The summed E-state index contributed by atoms with van der Waals surface area (Å²) in [4.78, 5) is 0. The Bertz CT molecular complexity index is 380. The third-order valence-electron chi connectivity index (χ3n) is 2.97. The summed E-state index contributed by atoms with van der Waals surface area (Å²) in [6, 6.07) is 6.10. The van der Waals surface area contributed by atoms with Gasteiger partial charge < -0.3 is 10.5 Å². The number of hydrogen-bond acceptors (Lipinski definition) is 2. The number of methoxy groups -OCH3 is 1. The Balaban J connectivity index is 2.70. The van der Waals surface area contributed by atoms with Gasteiger partial charge in [-0.25, -0.2) is 0 Å². The molecule has 2 N–H and O–H groups in total. The van der Waals surface area contributed by atoms with Crippen molar-refractivity contribution in [1.82, 2.24) is 0 Å². The number of ether oxygens (including phenoxy) is 1. The molecule has 0 spiro atoms. The van der Waals surface area contributed by atoms with Gasteiger partial charge in [0.2, 0.25) is 0 Å². The number of halogens is 2. The van der Waals surface area contributed by atoms with Crippen LogP contribution in [0.2, 0.25) is 0 Å². The Morgan fingerprint density at radius 3 is 2.59 bits per heavy atom. The second kappa shape index (κ2) is 6.32. The van der Waals surface area contributed by atoms with E-state index < -0.39 is 0 Å². The highest BCUT2D eigenvalue weighted by molar-refractivity contribution is 9.11. The van der Waals surface area contributed by atoms with Gasteiger partial charge in [-0.05, 0) is 50.5 Å². The van der Waals surface area contributed by atoms with Gasteiger partial charge in [0.15, 0.2) is 0 Å². The highest BCUT2D eigenvalue weighted by Gasteiger charge is 2.19. The lowest BCUT2D eigenvalue weighted by Gasteiger charge is -2.25.